The van der Waals surface area contributed by atoms with Gasteiger partial charge in [0.2, 0.25) is 0 Å². The van der Waals surface area contributed by atoms with Gasteiger partial charge in [0.1, 0.15) is 6.07 Å². The van der Waals surface area contributed by atoms with Gasteiger partial charge in [-0.2, -0.15) is 5.26 Å². The molecule has 0 saturated heterocycles. The number of benzene rings is 7. The van der Waals surface area contributed by atoms with E-state index in [-0.39, 0.29) is 0 Å². The summed E-state index contributed by atoms with van der Waals surface area (Å²) >= 11 is 0. The first-order chi connectivity index (χ1) is 23.7. The zero-order valence-electron chi connectivity index (χ0n) is 25.8. The molecule has 0 unspecified atom stereocenters. The molecular formula is C44H26N4. The molecule has 4 heteroatoms. The fourth-order valence-corrected chi connectivity index (χ4v) is 7.31. The number of nitriles is 1. The van der Waals surface area contributed by atoms with Crippen molar-refractivity contribution in [2.75, 3.05) is 0 Å². The van der Waals surface area contributed by atoms with Crippen LogP contribution in [0.25, 0.3) is 82.1 Å². The van der Waals surface area contributed by atoms with E-state index < -0.39 is 0 Å². The Morgan fingerprint density at radius 3 is 1.60 bits per heavy atom. The normalized spacial score (nSPS) is 11.3. The van der Waals surface area contributed by atoms with E-state index in [1.165, 1.54) is 0 Å². The van der Waals surface area contributed by atoms with Gasteiger partial charge in [-0.05, 0) is 59.2 Å². The zero-order valence-corrected chi connectivity index (χ0v) is 25.8. The molecule has 2 heterocycles. The molecule has 4 nitrogen and oxygen atoms in total. The van der Waals surface area contributed by atoms with Gasteiger partial charge < -0.3 is 9.13 Å². The van der Waals surface area contributed by atoms with Crippen LogP contribution in [0, 0.1) is 17.9 Å². The molecule has 0 atom stereocenters. The van der Waals surface area contributed by atoms with Crippen molar-refractivity contribution in [1.29, 1.82) is 5.26 Å². The van der Waals surface area contributed by atoms with Crippen LogP contribution in [0.5, 0.6) is 0 Å². The maximum absolute atomic E-state index is 10.3. The van der Waals surface area contributed by atoms with Crippen molar-refractivity contribution in [2.24, 2.45) is 0 Å². The summed E-state index contributed by atoms with van der Waals surface area (Å²) in [6.07, 6.45) is 0. The summed E-state index contributed by atoms with van der Waals surface area (Å²) in [4.78, 5) is 3.75. The van der Waals surface area contributed by atoms with Crippen molar-refractivity contribution in [3.63, 3.8) is 0 Å². The first kappa shape index (κ1) is 27.4. The van der Waals surface area contributed by atoms with E-state index in [2.05, 4.69) is 160 Å². The summed E-state index contributed by atoms with van der Waals surface area (Å²) in [6, 6.07) is 56.7. The topological polar surface area (TPSA) is 38.0 Å². The van der Waals surface area contributed by atoms with E-state index in [0.717, 1.165) is 77.2 Å². The Labute approximate surface area is 277 Å². The summed E-state index contributed by atoms with van der Waals surface area (Å²) in [7, 11) is 0. The first-order valence-electron chi connectivity index (χ1n) is 15.9. The second-order valence-electron chi connectivity index (χ2n) is 11.9. The van der Waals surface area contributed by atoms with E-state index in [9.17, 15) is 5.26 Å². The minimum atomic E-state index is 0.611. The van der Waals surface area contributed by atoms with Gasteiger partial charge in [-0.25, -0.2) is 4.85 Å². The summed E-state index contributed by atoms with van der Waals surface area (Å²) in [5.41, 5.74) is 11.6. The number of fused-ring (bicyclic) bond motifs is 6. The minimum absolute atomic E-state index is 0.611. The molecule has 0 aliphatic carbocycles. The van der Waals surface area contributed by atoms with Gasteiger partial charge in [-0.15, -0.1) is 0 Å². The first-order valence-corrected chi connectivity index (χ1v) is 15.9. The lowest BCUT2D eigenvalue weighted by Crippen LogP contribution is -2.00. The zero-order chi connectivity index (χ0) is 32.2. The second-order valence-corrected chi connectivity index (χ2v) is 11.9. The highest BCUT2D eigenvalue weighted by atomic mass is 15.0. The molecule has 2 aromatic heterocycles. The monoisotopic (exact) mass is 610 g/mol. The number of hydrogen-bond donors (Lipinski definition) is 0. The van der Waals surface area contributed by atoms with Crippen LogP contribution in [-0.4, -0.2) is 9.13 Å². The van der Waals surface area contributed by atoms with E-state index in [4.69, 9.17) is 6.57 Å². The molecule has 0 amide bonds. The Morgan fingerprint density at radius 2 is 0.979 bits per heavy atom. The van der Waals surface area contributed by atoms with Gasteiger partial charge in [-0.3, -0.25) is 0 Å². The Balaban J connectivity index is 1.29. The van der Waals surface area contributed by atoms with Crippen LogP contribution in [0.1, 0.15) is 5.56 Å². The van der Waals surface area contributed by atoms with Crippen LogP contribution in [0.2, 0.25) is 0 Å². The maximum atomic E-state index is 10.3. The Morgan fingerprint density at radius 1 is 0.458 bits per heavy atom. The van der Waals surface area contributed by atoms with E-state index in [0.29, 0.717) is 11.3 Å². The molecule has 0 saturated carbocycles. The number of rotatable bonds is 4. The van der Waals surface area contributed by atoms with Crippen LogP contribution in [-0.2, 0) is 0 Å². The Hall–Kier alpha value is -6.88. The molecule has 0 radical (unpaired) electrons. The third-order valence-electron chi connectivity index (χ3n) is 9.40. The molecule has 7 aromatic carbocycles. The summed E-state index contributed by atoms with van der Waals surface area (Å²) in [5, 5.41) is 14.9. The average molecular weight is 611 g/mol. The molecule has 0 aliphatic rings. The number of nitrogens with zero attached hydrogens (tertiary/aromatic N) is 4. The van der Waals surface area contributed by atoms with Crippen molar-refractivity contribution in [3.05, 3.63) is 175 Å². The van der Waals surface area contributed by atoms with Crippen molar-refractivity contribution >= 4 is 49.3 Å². The highest BCUT2D eigenvalue weighted by Crippen LogP contribution is 2.41. The second kappa shape index (κ2) is 10.9. The molecule has 0 spiro atoms. The van der Waals surface area contributed by atoms with Gasteiger partial charge in [0.25, 0.3) is 0 Å². The van der Waals surface area contributed by atoms with Crippen molar-refractivity contribution in [1.82, 2.24) is 9.13 Å². The van der Waals surface area contributed by atoms with Crippen molar-refractivity contribution in [2.45, 2.75) is 0 Å². The van der Waals surface area contributed by atoms with Gasteiger partial charge in [0.05, 0.1) is 40.1 Å². The number of hydrogen-bond acceptors (Lipinski definition) is 1. The van der Waals surface area contributed by atoms with Crippen molar-refractivity contribution in [3.8, 4) is 39.7 Å². The van der Waals surface area contributed by atoms with Crippen LogP contribution >= 0.6 is 0 Å². The molecule has 0 aliphatic heterocycles. The molecule has 48 heavy (non-hydrogen) atoms. The third kappa shape index (κ3) is 4.07. The summed E-state index contributed by atoms with van der Waals surface area (Å²) in [5.74, 6) is 0. The molecule has 222 valence electrons. The Bertz CT molecular complexity index is 2760. The third-order valence-corrected chi connectivity index (χ3v) is 9.40. The largest absolute Gasteiger partial charge is 0.310 e. The van der Waals surface area contributed by atoms with Crippen LogP contribution in [0.3, 0.4) is 0 Å². The number of aromatic nitrogens is 2. The molecule has 9 aromatic rings. The molecule has 0 bridgehead atoms. The van der Waals surface area contributed by atoms with Gasteiger partial charge >= 0.3 is 0 Å². The van der Waals surface area contributed by atoms with Crippen LogP contribution < -0.4 is 0 Å². The predicted octanol–water partition coefficient (Wildman–Crippen LogP) is 11.6. The average Bonchev–Trinajstić information content (AvgIpc) is 3.67. The standard InChI is InChI=1S/C44H26N4/c1-46-31-24-25-38-37-17-7-11-21-42(37)48(44(38)27-31)39-18-8-4-14-34(39)33-13-3-2-12-32(33)29-22-23-30(28-45)43(26-29)47-40-19-9-5-15-35(40)36-16-6-10-20-41(36)47/h2-27H. The van der Waals surface area contributed by atoms with E-state index in [1.54, 1.807) is 0 Å². The highest BCUT2D eigenvalue weighted by molar-refractivity contribution is 6.11. The lowest BCUT2D eigenvalue weighted by molar-refractivity contribution is 1.17. The maximum Gasteiger partial charge on any atom is 0.189 e. The van der Waals surface area contributed by atoms with Gasteiger partial charge in [0, 0.05) is 32.6 Å². The SMILES string of the molecule is [C-]#[N+]c1ccc2c3ccccc3n(-c3ccccc3-c3ccccc3-c3ccc(C#N)c(-n4c5ccccc5c5ccccc54)c3)c2c1. The van der Waals surface area contributed by atoms with E-state index >= 15 is 0 Å². The Kier molecular flexibility index (Phi) is 6.22. The van der Waals surface area contributed by atoms with Gasteiger partial charge in [0.15, 0.2) is 5.69 Å². The predicted molar refractivity (Wildman–Crippen MR) is 197 cm³/mol. The highest BCUT2D eigenvalue weighted by Gasteiger charge is 2.19. The lowest BCUT2D eigenvalue weighted by Gasteiger charge is -2.18. The fraction of sp³-hybridized carbons (Fsp3) is 0. The summed E-state index contributed by atoms with van der Waals surface area (Å²) in [6.45, 7) is 7.71. The summed E-state index contributed by atoms with van der Waals surface area (Å²) < 4.78 is 4.50. The van der Waals surface area contributed by atoms with E-state index in [1.807, 2.05) is 18.2 Å². The molecule has 0 fully saturated rings. The van der Waals surface area contributed by atoms with Crippen LogP contribution in [0.4, 0.5) is 5.69 Å². The molecule has 0 N–H and O–H groups in total. The van der Waals surface area contributed by atoms with Crippen LogP contribution in [0.15, 0.2) is 158 Å². The smallest absolute Gasteiger partial charge is 0.189 e. The quantitative estimate of drug-likeness (QED) is 0.183. The number of para-hydroxylation sites is 4. The minimum Gasteiger partial charge on any atom is -0.310 e. The van der Waals surface area contributed by atoms with Gasteiger partial charge in [-0.1, -0.05) is 115 Å². The molecular weight excluding hydrogens is 585 g/mol. The molecule has 9 rings (SSSR count). The lowest BCUT2D eigenvalue weighted by atomic mass is 9.92. The fourth-order valence-electron chi connectivity index (χ4n) is 7.31. The van der Waals surface area contributed by atoms with Crippen molar-refractivity contribution < 1.29 is 0 Å².